The van der Waals surface area contributed by atoms with Crippen LogP contribution < -0.4 is 5.32 Å². The van der Waals surface area contributed by atoms with E-state index < -0.39 is 0 Å². The average Bonchev–Trinajstić information content (AvgIpc) is 2.30. The van der Waals surface area contributed by atoms with E-state index in [4.69, 9.17) is 0 Å². The van der Waals surface area contributed by atoms with Crippen LogP contribution in [0.5, 0.6) is 0 Å². The van der Waals surface area contributed by atoms with Gasteiger partial charge in [0.05, 0.1) is 0 Å². The van der Waals surface area contributed by atoms with Crippen LogP contribution in [-0.4, -0.2) is 32.6 Å². The third kappa shape index (κ3) is 4.05. The number of nitrogens with zero attached hydrogens (tertiary/aromatic N) is 1. The number of hydrogen-bond acceptors (Lipinski definition) is 2. The second kappa shape index (κ2) is 7.06. The molecule has 0 fully saturated rings. The lowest BCUT2D eigenvalue weighted by Crippen LogP contribution is -2.36. The zero-order chi connectivity index (χ0) is 14.6. The lowest BCUT2D eigenvalue weighted by atomic mass is 9.82. The molecule has 0 bridgehead atoms. The molecule has 0 aliphatic carbocycles. The maximum atomic E-state index is 3.36. The van der Waals surface area contributed by atoms with Crippen molar-refractivity contribution in [3.05, 3.63) is 34.9 Å². The van der Waals surface area contributed by atoms with E-state index in [0.29, 0.717) is 17.9 Å². The van der Waals surface area contributed by atoms with E-state index in [2.05, 4.69) is 70.2 Å². The van der Waals surface area contributed by atoms with Crippen molar-refractivity contribution in [1.29, 1.82) is 0 Å². The smallest absolute Gasteiger partial charge is 0.0387 e. The highest BCUT2D eigenvalue weighted by molar-refractivity contribution is 5.33. The summed E-state index contributed by atoms with van der Waals surface area (Å²) in [7, 11) is 6.42. The summed E-state index contributed by atoms with van der Waals surface area (Å²) in [6, 6.07) is 7.30. The Balaban J connectivity index is 3.18. The van der Waals surface area contributed by atoms with Gasteiger partial charge in [-0.15, -0.1) is 0 Å². The third-order valence-electron chi connectivity index (χ3n) is 4.00. The maximum Gasteiger partial charge on any atom is 0.0387 e. The fourth-order valence-corrected chi connectivity index (χ4v) is 3.00. The normalized spacial score (nSPS) is 15.0. The Morgan fingerprint density at radius 2 is 1.79 bits per heavy atom. The van der Waals surface area contributed by atoms with Gasteiger partial charge in [0, 0.05) is 6.04 Å². The van der Waals surface area contributed by atoms with Gasteiger partial charge in [0.15, 0.2) is 0 Å². The summed E-state index contributed by atoms with van der Waals surface area (Å²) < 4.78 is 0. The topological polar surface area (TPSA) is 15.3 Å². The van der Waals surface area contributed by atoms with Crippen molar-refractivity contribution >= 4 is 0 Å². The first-order valence-electron chi connectivity index (χ1n) is 7.26. The number of rotatable bonds is 6. The molecule has 0 saturated heterocycles. The van der Waals surface area contributed by atoms with Gasteiger partial charge in [-0.1, -0.05) is 37.6 Å². The fourth-order valence-electron chi connectivity index (χ4n) is 3.00. The Labute approximate surface area is 119 Å². The molecule has 0 aliphatic heterocycles. The van der Waals surface area contributed by atoms with Crippen LogP contribution in [0.2, 0.25) is 0 Å². The van der Waals surface area contributed by atoms with Crippen molar-refractivity contribution in [3.8, 4) is 0 Å². The van der Waals surface area contributed by atoms with Crippen molar-refractivity contribution in [2.24, 2.45) is 11.8 Å². The van der Waals surface area contributed by atoms with Gasteiger partial charge < -0.3 is 10.2 Å². The maximum absolute atomic E-state index is 3.36. The Kier molecular flexibility index (Phi) is 6.02. The molecule has 0 aromatic heterocycles. The molecule has 19 heavy (non-hydrogen) atoms. The summed E-state index contributed by atoms with van der Waals surface area (Å²) in [5.41, 5.74) is 4.21. The van der Waals surface area contributed by atoms with Crippen LogP contribution in [0.1, 0.15) is 36.6 Å². The van der Waals surface area contributed by atoms with Crippen molar-refractivity contribution in [1.82, 2.24) is 10.2 Å². The molecular weight excluding hydrogens is 232 g/mol. The lowest BCUT2D eigenvalue weighted by molar-refractivity contribution is 0.168. The number of nitrogens with one attached hydrogen (secondary N) is 1. The summed E-state index contributed by atoms with van der Waals surface area (Å²) in [6.07, 6.45) is 0. The summed E-state index contributed by atoms with van der Waals surface area (Å²) in [6.45, 7) is 10.1. The monoisotopic (exact) mass is 262 g/mol. The molecule has 2 heteroatoms. The first-order chi connectivity index (χ1) is 8.88. The molecule has 1 aromatic carbocycles. The Bertz CT molecular complexity index is 396. The second-order valence-corrected chi connectivity index (χ2v) is 6.23. The Hall–Kier alpha value is -0.860. The molecule has 0 amide bonds. The van der Waals surface area contributed by atoms with Crippen LogP contribution in [-0.2, 0) is 0 Å². The third-order valence-corrected chi connectivity index (χ3v) is 4.00. The van der Waals surface area contributed by atoms with Crippen LogP contribution in [0, 0.1) is 25.7 Å². The molecule has 0 radical (unpaired) electrons. The van der Waals surface area contributed by atoms with Crippen LogP contribution in [0.3, 0.4) is 0 Å². The highest BCUT2D eigenvalue weighted by Gasteiger charge is 2.28. The molecule has 2 nitrogen and oxygen atoms in total. The first kappa shape index (κ1) is 16.2. The Morgan fingerprint density at radius 1 is 1.16 bits per heavy atom. The highest BCUT2D eigenvalue weighted by Crippen LogP contribution is 2.33. The minimum absolute atomic E-state index is 0.466. The Morgan fingerprint density at radius 3 is 2.21 bits per heavy atom. The van der Waals surface area contributed by atoms with Gasteiger partial charge in [0.25, 0.3) is 0 Å². The SMILES string of the molecule is CNCC(C(C)C)C(c1ccc(C)cc1C)N(C)C. The van der Waals surface area contributed by atoms with Gasteiger partial charge >= 0.3 is 0 Å². The first-order valence-corrected chi connectivity index (χ1v) is 7.26. The molecule has 1 rings (SSSR count). The van der Waals surface area contributed by atoms with Crippen LogP contribution in [0.25, 0.3) is 0 Å². The molecule has 2 unspecified atom stereocenters. The number of benzene rings is 1. The molecular formula is C17H30N2. The predicted molar refractivity (Wildman–Crippen MR) is 84.6 cm³/mol. The van der Waals surface area contributed by atoms with Crippen molar-refractivity contribution in [2.45, 2.75) is 33.7 Å². The fraction of sp³-hybridized carbons (Fsp3) is 0.647. The average molecular weight is 262 g/mol. The molecule has 0 heterocycles. The molecule has 0 aliphatic rings. The zero-order valence-corrected chi connectivity index (χ0v) is 13.6. The summed E-state index contributed by atoms with van der Waals surface area (Å²) in [5, 5.41) is 3.36. The van der Waals surface area contributed by atoms with E-state index in [1.807, 2.05) is 7.05 Å². The molecule has 1 N–H and O–H groups in total. The predicted octanol–water partition coefficient (Wildman–Crippen LogP) is 3.40. The standard InChI is InChI=1S/C17H30N2/c1-12(2)16(11-18-5)17(19(6)7)15-9-8-13(3)10-14(15)4/h8-10,12,16-18H,11H2,1-7H3. The lowest BCUT2D eigenvalue weighted by Gasteiger charge is -2.36. The quantitative estimate of drug-likeness (QED) is 0.845. The minimum atomic E-state index is 0.466. The summed E-state index contributed by atoms with van der Waals surface area (Å²) in [4.78, 5) is 2.36. The largest absolute Gasteiger partial charge is 0.319 e. The zero-order valence-electron chi connectivity index (χ0n) is 13.6. The molecule has 0 saturated carbocycles. The van der Waals surface area contributed by atoms with Crippen molar-refractivity contribution in [3.63, 3.8) is 0 Å². The van der Waals surface area contributed by atoms with Gasteiger partial charge in [-0.05, 0) is 64.5 Å². The summed E-state index contributed by atoms with van der Waals surface area (Å²) >= 11 is 0. The van der Waals surface area contributed by atoms with Gasteiger partial charge in [0.2, 0.25) is 0 Å². The van der Waals surface area contributed by atoms with E-state index in [1.165, 1.54) is 16.7 Å². The second-order valence-electron chi connectivity index (χ2n) is 6.23. The van der Waals surface area contributed by atoms with E-state index in [9.17, 15) is 0 Å². The summed E-state index contributed by atoms with van der Waals surface area (Å²) in [5.74, 6) is 1.27. The van der Waals surface area contributed by atoms with E-state index in [0.717, 1.165) is 6.54 Å². The molecule has 2 atom stereocenters. The molecule has 1 aromatic rings. The van der Waals surface area contributed by atoms with Gasteiger partial charge in [0.1, 0.15) is 0 Å². The molecule has 108 valence electrons. The van der Waals surface area contributed by atoms with E-state index >= 15 is 0 Å². The van der Waals surface area contributed by atoms with E-state index in [1.54, 1.807) is 0 Å². The number of aryl methyl sites for hydroxylation is 2. The van der Waals surface area contributed by atoms with Crippen LogP contribution in [0.4, 0.5) is 0 Å². The van der Waals surface area contributed by atoms with Crippen molar-refractivity contribution < 1.29 is 0 Å². The number of hydrogen-bond donors (Lipinski definition) is 1. The van der Waals surface area contributed by atoms with Gasteiger partial charge in [-0.3, -0.25) is 0 Å². The van der Waals surface area contributed by atoms with Crippen molar-refractivity contribution in [2.75, 3.05) is 27.7 Å². The minimum Gasteiger partial charge on any atom is -0.319 e. The van der Waals surface area contributed by atoms with Gasteiger partial charge in [-0.2, -0.15) is 0 Å². The van der Waals surface area contributed by atoms with E-state index in [-0.39, 0.29) is 0 Å². The molecule has 0 spiro atoms. The van der Waals surface area contributed by atoms with Crippen LogP contribution in [0.15, 0.2) is 18.2 Å². The van der Waals surface area contributed by atoms with Crippen LogP contribution >= 0.6 is 0 Å². The van der Waals surface area contributed by atoms with Gasteiger partial charge in [-0.25, -0.2) is 0 Å². The highest BCUT2D eigenvalue weighted by atomic mass is 15.1.